The second-order valence-corrected chi connectivity index (χ2v) is 14.8. The predicted molar refractivity (Wildman–Crippen MR) is 132 cm³/mol. The van der Waals surface area contributed by atoms with E-state index >= 15 is 0 Å². The van der Waals surface area contributed by atoms with Crippen molar-refractivity contribution < 1.29 is 35.6 Å². The fourth-order valence-electron chi connectivity index (χ4n) is 4.75. The van der Waals surface area contributed by atoms with Gasteiger partial charge in [-0.2, -0.15) is 26.3 Å². The summed E-state index contributed by atoms with van der Waals surface area (Å²) in [5.41, 5.74) is -3.47. The van der Waals surface area contributed by atoms with E-state index in [2.05, 4.69) is 19.6 Å². The quantitative estimate of drug-likeness (QED) is 0.274. The molecule has 1 unspecified atom stereocenters. The zero-order valence-corrected chi connectivity index (χ0v) is 22.5. The van der Waals surface area contributed by atoms with Gasteiger partial charge in [0.2, 0.25) is 14.2 Å². The largest absolute Gasteiger partial charge is 0.548 e. The van der Waals surface area contributed by atoms with E-state index in [1.54, 1.807) is 7.05 Å². The molecule has 0 aromatic heterocycles. The van der Waals surface area contributed by atoms with Crippen molar-refractivity contribution in [2.45, 2.75) is 70.1 Å². The predicted octanol–water partition coefficient (Wildman–Crippen LogP) is 7.85. The molecule has 0 radical (unpaired) electrons. The number of halogens is 6. The van der Waals surface area contributed by atoms with Gasteiger partial charge in [-0.3, -0.25) is 4.79 Å². The molecule has 1 aliphatic carbocycles. The molecule has 0 fully saturated rings. The van der Waals surface area contributed by atoms with Gasteiger partial charge in [0.1, 0.15) is 0 Å². The third-order valence-electron chi connectivity index (χ3n) is 6.71. The van der Waals surface area contributed by atoms with Crippen molar-refractivity contribution in [2.75, 3.05) is 7.05 Å². The summed E-state index contributed by atoms with van der Waals surface area (Å²) in [6, 6.07) is 10.00. The SMILES string of the molecule is Cc1c(CC(=O)N(C)C2(c3ccccc3)CC=C(O[Si](C)(C)C)CC2)cc(C(F)(F)F)cc1C(F)(F)F. The van der Waals surface area contributed by atoms with Gasteiger partial charge in [-0.15, -0.1) is 0 Å². The number of hydrogen-bond acceptors (Lipinski definition) is 2. The Balaban J connectivity index is 2.00. The summed E-state index contributed by atoms with van der Waals surface area (Å²) in [6.45, 7) is 7.29. The van der Waals surface area contributed by atoms with E-state index in [4.69, 9.17) is 4.43 Å². The number of hydrogen-bond donors (Lipinski definition) is 0. The van der Waals surface area contributed by atoms with Crippen LogP contribution in [-0.2, 0) is 33.5 Å². The topological polar surface area (TPSA) is 29.5 Å². The monoisotopic (exact) mass is 543 g/mol. The van der Waals surface area contributed by atoms with Gasteiger partial charge in [-0.1, -0.05) is 30.3 Å². The highest BCUT2D eigenvalue weighted by molar-refractivity contribution is 6.70. The molecule has 10 heteroatoms. The average molecular weight is 544 g/mol. The van der Waals surface area contributed by atoms with Crippen molar-refractivity contribution in [3.8, 4) is 0 Å². The fourth-order valence-corrected chi connectivity index (χ4v) is 5.72. The second-order valence-electron chi connectivity index (χ2n) is 10.4. The van der Waals surface area contributed by atoms with Crippen LogP contribution in [0.15, 0.2) is 54.3 Å². The molecule has 3 nitrogen and oxygen atoms in total. The van der Waals surface area contributed by atoms with Crippen molar-refractivity contribution in [2.24, 2.45) is 0 Å². The smallest absolute Gasteiger partial charge is 0.416 e. The van der Waals surface area contributed by atoms with E-state index in [0.29, 0.717) is 25.3 Å². The maximum absolute atomic E-state index is 13.5. The van der Waals surface area contributed by atoms with Gasteiger partial charge in [0.05, 0.1) is 28.8 Å². The highest BCUT2D eigenvalue weighted by Gasteiger charge is 2.42. The highest BCUT2D eigenvalue weighted by atomic mass is 28.4. The van der Waals surface area contributed by atoms with E-state index in [1.165, 1.54) is 4.90 Å². The second kappa shape index (κ2) is 10.2. The van der Waals surface area contributed by atoms with Crippen LogP contribution in [0.4, 0.5) is 26.3 Å². The molecule has 37 heavy (non-hydrogen) atoms. The molecular formula is C27H31F6NO2Si. The molecule has 2 aromatic rings. The first kappa shape index (κ1) is 28.8. The lowest BCUT2D eigenvalue weighted by molar-refractivity contribution is -0.144. The fraction of sp³-hybridized carbons (Fsp3) is 0.444. The number of alkyl halides is 6. The van der Waals surface area contributed by atoms with Gasteiger partial charge < -0.3 is 9.33 Å². The molecule has 202 valence electrons. The van der Waals surface area contributed by atoms with Crippen LogP contribution in [0.5, 0.6) is 0 Å². The van der Waals surface area contributed by atoms with E-state index < -0.39 is 49.7 Å². The molecule has 0 bridgehead atoms. The van der Waals surface area contributed by atoms with Gasteiger partial charge in [0, 0.05) is 13.5 Å². The van der Waals surface area contributed by atoms with Crippen molar-refractivity contribution in [1.29, 1.82) is 0 Å². The van der Waals surface area contributed by atoms with E-state index in [0.717, 1.165) is 18.2 Å². The molecule has 0 aliphatic heterocycles. The number of allylic oxidation sites excluding steroid dienone is 1. The first-order valence-electron chi connectivity index (χ1n) is 11.9. The summed E-state index contributed by atoms with van der Waals surface area (Å²) in [6.07, 6.45) is -7.15. The Morgan fingerprint density at radius 3 is 2.14 bits per heavy atom. The van der Waals surface area contributed by atoms with E-state index in [-0.39, 0.29) is 17.2 Å². The Morgan fingerprint density at radius 2 is 1.65 bits per heavy atom. The summed E-state index contributed by atoms with van der Waals surface area (Å²) in [4.78, 5) is 15.0. The Bertz CT molecular complexity index is 1170. The van der Waals surface area contributed by atoms with E-state index in [1.807, 2.05) is 36.4 Å². The maximum atomic E-state index is 13.5. The van der Waals surface area contributed by atoms with Crippen LogP contribution in [0.2, 0.25) is 19.6 Å². The van der Waals surface area contributed by atoms with Crippen molar-refractivity contribution in [3.05, 3.63) is 82.1 Å². The molecule has 0 spiro atoms. The lowest BCUT2D eigenvalue weighted by atomic mass is 9.77. The normalized spacial score (nSPS) is 18.8. The molecule has 1 amide bonds. The molecular weight excluding hydrogens is 512 g/mol. The van der Waals surface area contributed by atoms with Crippen LogP contribution in [0.3, 0.4) is 0 Å². The first-order chi connectivity index (χ1) is 16.9. The van der Waals surface area contributed by atoms with Gasteiger partial charge in [0.25, 0.3) is 0 Å². The Hall–Kier alpha value is -2.75. The van der Waals surface area contributed by atoms with Crippen molar-refractivity contribution in [3.63, 3.8) is 0 Å². The molecule has 0 saturated heterocycles. The molecule has 2 aromatic carbocycles. The first-order valence-corrected chi connectivity index (χ1v) is 15.3. The number of likely N-dealkylation sites (N-methyl/N-ethyl adjacent to an activating group) is 1. The summed E-state index contributed by atoms with van der Waals surface area (Å²) in [5, 5.41) is 0. The maximum Gasteiger partial charge on any atom is 0.416 e. The van der Waals surface area contributed by atoms with Crippen LogP contribution in [-0.4, -0.2) is 26.2 Å². The van der Waals surface area contributed by atoms with Crippen LogP contribution in [0.1, 0.15) is 47.1 Å². The van der Waals surface area contributed by atoms with Crippen LogP contribution in [0, 0.1) is 6.92 Å². The van der Waals surface area contributed by atoms with Crippen LogP contribution < -0.4 is 0 Å². The van der Waals surface area contributed by atoms with Gasteiger partial charge in [-0.05, 0) is 74.3 Å². The summed E-state index contributed by atoms with van der Waals surface area (Å²) >= 11 is 0. The third-order valence-corrected chi connectivity index (χ3v) is 7.58. The molecule has 1 aliphatic rings. The van der Waals surface area contributed by atoms with Gasteiger partial charge in [-0.25, -0.2) is 0 Å². The summed E-state index contributed by atoms with van der Waals surface area (Å²) in [5.74, 6) is 0.275. The Morgan fingerprint density at radius 1 is 1.03 bits per heavy atom. The Kier molecular flexibility index (Phi) is 7.94. The average Bonchev–Trinajstić information content (AvgIpc) is 2.78. The number of nitrogens with zero attached hydrogens (tertiary/aromatic N) is 1. The number of benzene rings is 2. The number of carbonyl (C=O) groups is 1. The zero-order chi connectivity index (χ0) is 27.8. The van der Waals surface area contributed by atoms with Crippen LogP contribution in [0.25, 0.3) is 0 Å². The van der Waals surface area contributed by atoms with Gasteiger partial charge >= 0.3 is 12.4 Å². The number of carbonyl (C=O) groups excluding carboxylic acids is 1. The van der Waals surface area contributed by atoms with Gasteiger partial charge in [0.15, 0.2) is 0 Å². The van der Waals surface area contributed by atoms with Crippen molar-refractivity contribution in [1.82, 2.24) is 4.90 Å². The summed E-state index contributed by atoms with van der Waals surface area (Å²) in [7, 11) is -0.294. The molecule has 0 heterocycles. The standard InChI is InChI=1S/C27H31F6NO2Si/c1-18-19(15-21(26(28,29)30)17-23(18)27(31,32)33)16-24(35)34(2)25(20-9-7-6-8-10-20)13-11-22(12-14-25)36-37(3,4)5/h6-11,15,17H,12-14,16H2,1-5H3. The third kappa shape index (κ3) is 6.58. The summed E-state index contributed by atoms with van der Waals surface area (Å²) < 4.78 is 87.0. The molecule has 0 N–H and O–H groups in total. The minimum atomic E-state index is -4.98. The minimum Gasteiger partial charge on any atom is -0.548 e. The highest BCUT2D eigenvalue weighted by Crippen LogP contribution is 2.43. The lowest BCUT2D eigenvalue weighted by Crippen LogP contribution is -2.49. The lowest BCUT2D eigenvalue weighted by Gasteiger charge is -2.45. The number of amides is 1. The minimum absolute atomic E-state index is 0.102. The Labute approximate surface area is 214 Å². The van der Waals surface area contributed by atoms with E-state index in [9.17, 15) is 31.1 Å². The molecule has 3 rings (SSSR count). The zero-order valence-electron chi connectivity index (χ0n) is 21.5. The molecule has 0 saturated carbocycles. The van der Waals surface area contributed by atoms with Crippen LogP contribution >= 0.6 is 0 Å². The molecule has 1 atom stereocenters. The van der Waals surface area contributed by atoms with Crippen molar-refractivity contribution >= 4 is 14.2 Å². The number of rotatable bonds is 6.